The van der Waals surface area contributed by atoms with E-state index < -0.39 is 0 Å². The van der Waals surface area contributed by atoms with Gasteiger partial charge in [0.1, 0.15) is 8.64 Å². The summed E-state index contributed by atoms with van der Waals surface area (Å²) in [7, 11) is 3.46. The van der Waals surface area contributed by atoms with Crippen LogP contribution < -0.4 is 10.6 Å². The number of thiocarbonyl (C=S) groups is 2. The molecule has 68 valence electrons. The Labute approximate surface area is 99.0 Å². The van der Waals surface area contributed by atoms with Gasteiger partial charge >= 0.3 is 16.5 Å². The van der Waals surface area contributed by atoms with Gasteiger partial charge in [-0.2, -0.15) is 0 Å². The van der Waals surface area contributed by atoms with Crippen molar-refractivity contribution < 1.29 is 16.5 Å². The SMILES string of the molecule is CNC(=S)S.CNC(=S)S.[Ni+2]. The quantitative estimate of drug-likeness (QED) is 0.298. The third kappa shape index (κ3) is 35.7. The summed E-state index contributed by atoms with van der Waals surface area (Å²) in [5.41, 5.74) is 0. The van der Waals surface area contributed by atoms with Crippen LogP contribution in [0.15, 0.2) is 0 Å². The normalized spacial score (nSPS) is 6.18. The summed E-state index contributed by atoms with van der Waals surface area (Å²) < 4.78 is 1.06. The van der Waals surface area contributed by atoms with Crippen molar-refractivity contribution >= 4 is 58.3 Å². The molecule has 11 heavy (non-hydrogen) atoms. The predicted molar refractivity (Wildman–Crippen MR) is 61.3 cm³/mol. The first kappa shape index (κ1) is 17.9. The second-order valence-corrected chi connectivity index (χ2v) is 3.43. The van der Waals surface area contributed by atoms with E-state index in [1.54, 1.807) is 14.1 Å². The molecule has 0 amide bonds. The molecule has 0 radical (unpaired) electrons. The van der Waals surface area contributed by atoms with E-state index in [9.17, 15) is 0 Å². The Morgan fingerprint density at radius 1 is 1.00 bits per heavy atom. The van der Waals surface area contributed by atoms with Gasteiger partial charge < -0.3 is 10.6 Å². The standard InChI is InChI=1S/2C2H5NS2.Ni/c2*1-3-2(4)5;/h2*1H3,(H2,3,4,5);/q;;+2. The van der Waals surface area contributed by atoms with Gasteiger partial charge in [-0.3, -0.25) is 0 Å². The Hall–Kier alpha value is 0.974. The van der Waals surface area contributed by atoms with Crippen molar-refractivity contribution in [3.63, 3.8) is 0 Å². The number of rotatable bonds is 0. The van der Waals surface area contributed by atoms with Gasteiger partial charge in [0.25, 0.3) is 0 Å². The second kappa shape index (κ2) is 13.6. The number of hydrogen-bond donors (Lipinski definition) is 4. The van der Waals surface area contributed by atoms with Crippen LogP contribution in [0, 0.1) is 0 Å². The monoisotopic (exact) mass is 272 g/mol. The topological polar surface area (TPSA) is 24.1 Å². The molecular weight excluding hydrogens is 263 g/mol. The minimum atomic E-state index is 0. The molecule has 0 saturated heterocycles. The van der Waals surface area contributed by atoms with Crippen molar-refractivity contribution in [3.8, 4) is 0 Å². The molecule has 0 rings (SSSR count). The number of thiol groups is 2. The average Bonchev–Trinajstić information content (AvgIpc) is 1.89. The van der Waals surface area contributed by atoms with Crippen LogP contribution in [0.2, 0.25) is 0 Å². The number of hydrogen-bond acceptors (Lipinski definition) is 2. The van der Waals surface area contributed by atoms with Crippen molar-refractivity contribution in [2.45, 2.75) is 0 Å². The first-order chi connectivity index (χ1) is 4.54. The molecule has 0 saturated carbocycles. The van der Waals surface area contributed by atoms with Gasteiger partial charge in [0.05, 0.1) is 0 Å². The molecular formula is C4H10N2NiS4+2. The van der Waals surface area contributed by atoms with Crippen LogP contribution in [-0.4, -0.2) is 22.7 Å². The smallest absolute Gasteiger partial charge is 0.374 e. The van der Waals surface area contributed by atoms with Crippen LogP contribution in [0.1, 0.15) is 0 Å². The third-order valence-corrected chi connectivity index (χ3v) is 1.28. The Morgan fingerprint density at radius 3 is 1.09 bits per heavy atom. The van der Waals surface area contributed by atoms with Gasteiger partial charge in [0.2, 0.25) is 0 Å². The molecule has 0 aliphatic rings. The molecule has 2 N–H and O–H groups in total. The zero-order valence-corrected chi connectivity index (χ0v) is 10.4. The second-order valence-electron chi connectivity index (χ2n) is 1.11. The van der Waals surface area contributed by atoms with E-state index in [2.05, 4.69) is 60.3 Å². The first-order valence-corrected chi connectivity index (χ1v) is 4.07. The molecule has 0 bridgehead atoms. The van der Waals surface area contributed by atoms with Gasteiger partial charge in [-0.25, -0.2) is 0 Å². The zero-order valence-electron chi connectivity index (χ0n) is 6.03. The Balaban J connectivity index is -0.000000107. The van der Waals surface area contributed by atoms with Gasteiger partial charge in [-0.15, -0.1) is 25.3 Å². The van der Waals surface area contributed by atoms with Crippen LogP contribution in [0.5, 0.6) is 0 Å². The molecule has 0 spiro atoms. The summed E-state index contributed by atoms with van der Waals surface area (Å²) in [6.07, 6.45) is 0. The van der Waals surface area contributed by atoms with Crippen LogP contribution in [0.3, 0.4) is 0 Å². The molecule has 0 aliphatic heterocycles. The minimum absolute atomic E-state index is 0. The number of nitrogens with one attached hydrogen (secondary N) is 2. The third-order valence-electron chi connectivity index (χ3n) is 0.428. The van der Waals surface area contributed by atoms with Crippen molar-refractivity contribution in [3.05, 3.63) is 0 Å². The summed E-state index contributed by atoms with van der Waals surface area (Å²) in [5.74, 6) is 0. The largest absolute Gasteiger partial charge is 2.00 e. The van der Waals surface area contributed by atoms with E-state index in [1.807, 2.05) is 0 Å². The predicted octanol–water partition coefficient (Wildman–Crippen LogP) is 0.838. The molecule has 0 fully saturated rings. The summed E-state index contributed by atoms with van der Waals surface area (Å²) in [5, 5.41) is 5.25. The average molecular weight is 273 g/mol. The molecule has 0 atom stereocenters. The van der Waals surface area contributed by atoms with E-state index in [0.29, 0.717) is 8.64 Å². The molecule has 0 aromatic rings. The van der Waals surface area contributed by atoms with E-state index in [1.165, 1.54) is 0 Å². The summed E-state index contributed by atoms with van der Waals surface area (Å²) >= 11 is 16.3. The Bertz CT molecular complexity index is 105. The molecule has 0 aliphatic carbocycles. The summed E-state index contributed by atoms with van der Waals surface area (Å²) in [6, 6.07) is 0. The van der Waals surface area contributed by atoms with Crippen molar-refractivity contribution in [1.82, 2.24) is 10.6 Å². The van der Waals surface area contributed by atoms with Crippen LogP contribution in [0.25, 0.3) is 0 Å². The summed E-state index contributed by atoms with van der Waals surface area (Å²) in [6.45, 7) is 0. The van der Waals surface area contributed by atoms with Crippen molar-refractivity contribution in [2.24, 2.45) is 0 Å². The maximum absolute atomic E-state index is 4.45. The molecule has 0 aromatic carbocycles. The molecule has 0 unspecified atom stereocenters. The van der Waals surface area contributed by atoms with E-state index in [0.717, 1.165) is 0 Å². The molecule has 7 heteroatoms. The summed E-state index contributed by atoms with van der Waals surface area (Å²) in [4.78, 5) is 0. The fraction of sp³-hybridized carbons (Fsp3) is 0.500. The maximum atomic E-state index is 4.45. The van der Waals surface area contributed by atoms with Crippen LogP contribution in [-0.2, 0) is 16.5 Å². The Kier molecular flexibility index (Phi) is 22.1. The molecule has 0 aromatic heterocycles. The maximum Gasteiger partial charge on any atom is 2.00 e. The molecule has 0 heterocycles. The fourth-order valence-corrected chi connectivity index (χ4v) is 0. The van der Waals surface area contributed by atoms with E-state index >= 15 is 0 Å². The van der Waals surface area contributed by atoms with Crippen molar-refractivity contribution in [1.29, 1.82) is 0 Å². The Morgan fingerprint density at radius 2 is 1.09 bits per heavy atom. The first-order valence-electron chi connectivity index (χ1n) is 2.36. The van der Waals surface area contributed by atoms with E-state index in [-0.39, 0.29) is 16.5 Å². The van der Waals surface area contributed by atoms with Crippen LogP contribution >= 0.6 is 49.7 Å². The van der Waals surface area contributed by atoms with Crippen LogP contribution in [0.4, 0.5) is 0 Å². The van der Waals surface area contributed by atoms with Gasteiger partial charge in [-0.1, -0.05) is 24.4 Å². The van der Waals surface area contributed by atoms with Gasteiger partial charge in [0, 0.05) is 14.1 Å². The minimum Gasteiger partial charge on any atom is -0.374 e. The fourth-order valence-electron chi connectivity index (χ4n) is 0. The van der Waals surface area contributed by atoms with Crippen molar-refractivity contribution in [2.75, 3.05) is 14.1 Å². The zero-order chi connectivity index (χ0) is 8.57. The molecule has 2 nitrogen and oxygen atoms in total. The van der Waals surface area contributed by atoms with E-state index in [4.69, 9.17) is 0 Å². The van der Waals surface area contributed by atoms with Gasteiger partial charge in [0.15, 0.2) is 0 Å². The van der Waals surface area contributed by atoms with Gasteiger partial charge in [-0.05, 0) is 0 Å².